The van der Waals surface area contributed by atoms with Crippen molar-refractivity contribution >= 4 is 8.32 Å². The molecule has 0 spiro atoms. The number of unbranched alkanes of at least 4 members (excludes halogenated alkanes) is 8. The molecule has 0 aliphatic rings. The molecule has 0 aromatic heterocycles. The lowest BCUT2D eigenvalue weighted by Gasteiger charge is -2.21. The van der Waals surface area contributed by atoms with Crippen LogP contribution in [-0.4, -0.2) is 14.4 Å². The Balaban J connectivity index is 3.45. The maximum absolute atomic E-state index is 9.09. The van der Waals surface area contributed by atoms with E-state index >= 15 is 0 Å². The fourth-order valence-electron chi connectivity index (χ4n) is 2.46. The third kappa shape index (κ3) is 15.8. The standard InChI is InChI=1S/C19H37NOSi/c1-5-6-7-8-9-10-11-12-13-14-15-16-17-19(18-20)21-22(2,3)4/h14-15,19H,5-13,16-17H2,1-4H3/b15-14-. The highest BCUT2D eigenvalue weighted by Gasteiger charge is 2.20. The highest BCUT2D eigenvalue weighted by atomic mass is 28.4. The first-order valence-corrected chi connectivity index (χ1v) is 12.6. The summed E-state index contributed by atoms with van der Waals surface area (Å²) >= 11 is 0. The number of allylic oxidation sites excluding steroid dienone is 2. The van der Waals surface area contributed by atoms with Gasteiger partial charge < -0.3 is 4.43 Å². The fourth-order valence-corrected chi connectivity index (χ4v) is 3.48. The van der Waals surface area contributed by atoms with Gasteiger partial charge in [0, 0.05) is 0 Å². The predicted molar refractivity (Wildman–Crippen MR) is 99.4 cm³/mol. The molecule has 0 bridgehead atoms. The van der Waals surface area contributed by atoms with Crippen LogP contribution in [0.3, 0.4) is 0 Å². The van der Waals surface area contributed by atoms with Crippen molar-refractivity contribution in [1.82, 2.24) is 0 Å². The van der Waals surface area contributed by atoms with E-state index in [-0.39, 0.29) is 6.10 Å². The molecule has 2 nitrogen and oxygen atoms in total. The highest BCUT2D eigenvalue weighted by molar-refractivity contribution is 6.69. The van der Waals surface area contributed by atoms with E-state index in [0.717, 1.165) is 12.8 Å². The van der Waals surface area contributed by atoms with Crippen LogP contribution in [-0.2, 0) is 4.43 Å². The van der Waals surface area contributed by atoms with E-state index in [1.54, 1.807) is 0 Å². The van der Waals surface area contributed by atoms with E-state index < -0.39 is 8.32 Å². The average Bonchev–Trinajstić information content (AvgIpc) is 2.46. The van der Waals surface area contributed by atoms with Gasteiger partial charge in [0.25, 0.3) is 0 Å². The summed E-state index contributed by atoms with van der Waals surface area (Å²) in [4.78, 5) is 0. The van der Waals surface area contributed by atoms with Gasteiger partial charge in [0.05, 0.1) is 6.07 Å². The Bertz CT molecular complexity index is 314. The molecule has 128 valence electrons. The molecule has 0 aliphatic heterocycles. The van der Waals surface area contributed by atoms with Crippen molar-refractivity contribution in [3.05, 3.63) is 12.2 Å². The van der Waals surface area contributed by atoms with Gasteiger partial charge in [-0.1, -0.05) is 64.0 Å². The molecule has 1 atom stereocenters. The van der Waals surface area contributed by atoms with Gasteiger partial charge in [-0.3, -0.25) is 0 Å². The van der Waals surface area contributed by atoms with Crippen LogP contribution < -0.4 is 0 Å². The smallest absolute Gasteiger partial charge is 0.185 e. The van der Waals surface area contributed by atoms with Crippen molar-refractivity contribution in [2.24, 2.45) is 0 Å². The Kier molecular flexibility index (Phi) is 13.6. The van der Waals surface area contributed by atoms with Gasteiger partial charge in [-0.05, 0) is 45.3 Å². The van der Waals surface area contributed by atoms with Crippen molar-refractivity contribution in [1.29, 1.82) is 5.26 Å². The van der Waals surface area contributed by atoms with Crippen LogP contribution in [0.2, 0.25) is 19.6 Å². The van der Waals surface area contributed by atoms with Crippen LogP contribution in [0.4, 0.5) is 0 Å². The first-order valence-electron chi connectivity index (χ1n) is 9.22. The summed E-state index contributed by atoms with van der Waals surface area (Å²) in [6.45, 7) is 8.67. The molecule has 0 radical (unpaired) electrons. The van der Waals surface area contributed by atoms with Gasteiger partial charge in [0.1, 0.15) is 6.10 Å². The monoisotopic (exact) mass is 323 g/mol. The number of nitriles is 1. The SMILES string of the molecule is CCCCCCCCCC/C=C\CCC(C#N)O[Si](C)(C)C. The summed E-state index contributed by atoms with van der Waals surface area (Å²) in [7, 11) is -1.59. The maximum Gasteiger partial charge on any atom is 0.185 e. The molecule has 0 amide bonds. The maximum atomic E-state index is 9.09. The first-order chi connectivity index (χ1) is 10.5. The summed E-state index contributed by atoms with van der Waals surface area (Å²) in [6.07, 6.45) is 18.3. The molecule has 0 fully saturated rings. The molecule has 0 saturated heterocycles. The Morgan fingerprint density at radius 2 is 1.45 bits per heavy atom. The molecule has 0 aromatic rings. The molecule has 0 saturated carbocycles. The minimum absolute atomic E-state index is 0.223. The molecule has 0 aromatic carbocycles. The second-order valence-corrected chi connectivity index (χ2v) is 11.6. The molecule has 3 heteroatoms. The zero-order valence-electron chi connectivity index (χ0n) is 15.4. The third-order valence-electron chi connectivity index (χ3n) is 3.63. The van der Waals surface area contributed by atoms with Gasteiger partial charge >= 0.3 is 0 Å². The molecule has 0 heterocycles. The van der Waals surface area contributed by atoms with Crippen molar-refractivity contribution in [2.75, 3.05) is 0 Å². The van der Waals surface area contributed by atoms with E-state index in [1.165, 1.54) is 57.8 Å². The Morgan fingerprint density at radius 3 is 2.00 bits per heavy atom. The average molecular weight is 324 g/mol. The Labute approximate surface area is 140 Å². The van der Waals surface area contributed by atoms with Gasteiger partial charge in [-0.15, -0.1) is 0 Å². The summed E-state index contributed by atoms with van der Waals surface area (Å²) in [5.74, 6) is 0. The quantitative estimate of drug-likeness (QED) is 0.205. The Morgan fingerprint density at radius 1 is 0.909 bits per heavy atom. The highest BCUT2D eigenvalue weighted by Crippen LogP contribution is 2.12. The van der Waals surface area contributed by atoms with Crippen LogP contribution in [0.15, 0.2) is 12.2 Å². The summed E-state index contributed by atoms with van der Waals surface area (Å²) < 4.78 is 5.83. The van der Waals surface area contributed by atoms with Crippen LogP contribution in [0, 0.1) is 11.3 Å². The second-order valence-electron chi connectivity index (χ2n) is 7.16. The van der Waals surface area contributed by atoms with Crippen molar-refractivity contribution in [3.8, 4) is 6.07 Å². The molecular formula is C19H37NOSi. The molecule has 1 unspecified atom stereocenters. The van der Waals surface area contributed by atoms with Gasteiger partial charge in [0.15, 0.2) is 8.32 Å². The van der Waals surface area contributed by atoms with Crippen LogP contribution in [0.5, 0.6) is 0 Å². The lowest BCUT2D eigenvalue weighted by molar-refractivity contribution is 0.239. The lowest BCUT2D eigenvalue weighted by Crippen LogP contribution is -2.31. The van der Waals surface area contributed by atoms with E-state index in [2.05, 4.69) is 44.8 Å². The minimum atomic E-state index is -1.59. The minimum Gasteiger partial charge on any atom is -0.402 e. The number of hydrogen-bond donors (Lipinski definition) is 0. The lowest BCUT2D eigenvalue weighted by atomic mass is 10.1. The largest absolute Gasteiger partial charge is 0.402 e. The van der Waals surface area contributed by atoms with Crippen molar-refractivity contribution in [3.63, 3.8) is 0 Å². The van der Waals surface area contributed by atoms with E-state index in [1.807, 2.05) is 0 Å². The number of hydrogen-bond acceptors (Lipinski definition) is 2. The number of nitrogens with zero attached hydrogens (tertiary/aromatic N) is 1. The van der Waals surface area contributed by atoms with Crippen molar-refractivity contribution in [2.45, 2.75) is 103 Å². The zero-order valence-corrected chi connectivity index (χ0v) is 16.4. The van der Waals surface area contributed by atoms with E-state index in [4.69, 9.17) is 9.69 Å². The fraction of sp³-hybridized carbons (Fsp3) is 0.842. The zero-order chi connectivity index (χ0) is 16.7. The van der Waals surface area contributed by atoms with Crippen LogP contribution >= 0.6 is 0 Å². The topological polar surface area (TPSA) is 33.0 Å². The molecular weight excluding hydrogens is 286 g/mol. The molecule has 0 aliphatic carbocycles. The van der Waals surface area contributed by atoms with Gasteiger partial charge in [-0.2, -0.15) is 5.26 Å². The summed E-state index contributed by atoms with van der Waals surface area (Å²) in [5, 5.41) is 9.09. The van der Waals surface area contributed by atoms with Gasteiger partial charge in [-0.25, -0.2) is 0 Å². The summed E-state index contributed by atoms with van der Waals surface area (Å²) in [6, 6.07) is 2.28. The molecule has 22 heavy (non-hydrogen) atoms. The number of rotatable bonds is 14. The Hall–Kier alpha value is -0.593. The van der Waals surface area contributed by atoms with Crippen LogP contribution in [0.1, 0.15) is 77.6 Å². The first kappa shape index (κ1) is 21.4. The van der Waals surface area contributed by atoms with E-state index in [0.29, 0.717) is 0 Å². The molecule has 0 N–H and O–H groups in total. The predicted octanol–water partition coefficient (Wildman–Crippen LogP) is 6.60. The van der Waals surface area contributed by atoms with Crippen LogP contribution in [0.25, 0.3) is 0 Å². The van der Waals surface area contributed by atoms with Crippen molar-refractivity contribution < 1.29 is 4.43 Å². The summed E-state index contributed by atoms with van der Waals surface area (Å²) in [5.41, 5.74) is 0. The van der Waals surface area contributed by atoms with Gasteiger partial charge in [0.2, 0.25) is 0 Å². The van der Waals surface area contributed by atoms with E-state index in [9.17, 15) is 0 Å². The second kappa shape index (κ2) is 14.0. The third-order valence-corrected chi connectivity index (χ3v) is 4.62. The normalized spacial score (nSPS) is 13.4. The molecule has 0 rings (SSSR count).